The lowest BCUT2D eigenvalue weighted by Crippen LogP contribution is -2.41. The molecule has 2 amide bonds. The van der Waals surface area contributed by atoms with Crippen molar-refractivity contribution in [3.8, 4) is 16.9 Å². The molecule has 3 fully saturated rings. The average molecular weight is 701 g/mol. The van der Waals surface area contributed by atoms with Gasteiger partial charge in [-0.3, -0.25) is 9.69 Å². The summed E-state index contributed by atoms with van der Waals surface area (Å²) in [6.45, 7) is 1.84. The maximum Gasteiger partial charge on any atom is 0.416 e. The van der Waals surface area contributed by atoms with E-state index < -0.39 is 65.1 Å². The van der Waals surface area contributed by atoms with E-state index in [0.29, 0.717) is 29.9 Å². The topological polar surface area (TPSA) is 67.9 Å². The molecule has 0 radical (unpaired) electrons. The Morgan fingerprint density at radius 3 is 2.00 bits per heavy atom. The van der Waals surface area contributed by atoms with Crippen molar-refractivity contribution >= 4 is 12.0 Å². The normalized spacial score (nSPS) is 24.5. The molecule has 6 nitrogen and oxygen atoms in total. The maximum atomic E-state index is 14.1. The number of carbonyl (C=O) groups is 2. The Balaban J connectivity index is 1.44. The van der Waals surface area contributed by atoms with E-state index in [9.17, 15) is 49.1 Å². The fraction of sp³-hybridized carbons (Fsp3) is 0.412. The molecular formula is C34H29F9N2O4. The number of hydrogen-bond acceptors (Lipinski definition) is 4. The Hall–Kier alpha value is -4.43. The van der Waals surface area contributed by atoms with Crippen molar-refractivity contribution in [2.24, 2.45) is 0 Å². The van der Waals surface area contributed by atoms with Crippen molar-refractivity contribution in [2.75, 3.05) is 7.11 Å². The number of rotatable bonds is 5. The smallest absolute Gasteiger partial charge is 0.416 e. The van der Waals surface area contributed by atoms with Crippen LogP contribution in [0.15, 0.2) is 54.6 Å². The Morgan fingerprint density at radius 2 is 1.41 bits per heavy atom. The fourth-order valence-electron chi connectivity index (χ4n) is 7.23. The molecule has 262 valence electrons. The lowest BCUT2D eigenvalue weighted by Gasteiger charge is -2.31. The predicted octanol–water partition coefficient (Wildman–Crippen LogP) is 9.20. The van der Waals surface area contributed by atoms with Gasteiger partial charge >= 0.3 is 24.6 Å². The highest BCUT2D eigenvalue weighted by Crippen LogP contribution is 2.52. The van der Waals surface area contributed by atoms with Crippen LogP contribution < -0.4 is 10.1 Å². The van der Waals surface area contributed by atoms with Gasteiger partial charge in [-0.25, -0.2) is 4.79 Å². The molecule has 0 aromatic heterocycles. The molecule has 3 heterocycles. The summed E-state index contributed by atoms with van der Waals surface area (Å²) in [5, 5.41) is 2.89. The van der Waals surface area contributed by atoms with E-state index in [-0.39, 0.29) is 54.3 Å². The minimum absolute atomic E-state index is 0.0187. The van der Waals surface area contributed by atoms with Gasteiger partial charge in [-0.2, -0.15) is 39.5 Å². The van der Waals surface area contributed by atoms with Crippen molar-refractivity contribution < 1.29 is 58.6 Å². The first-order valence-corrected chi connectivity index (χ1v) is 15.3. The van der Waals surface area contributed by atoms with Crippen LogP contribution in [0.4, 0.5) is 44.3 Å². The third-order valence-corrected chi connectivity index (χ3v) is 9.51. The van der Waals surface area contributed by atoms with Crippen molar-refractivity contribution in [3.63, 3.8) is 0 Å². The standard InChI is InChI=1S/C34H29F9N2O4/c1-16-22(6-10-29(46)44-16)17-3-9-28(48-2)25(13-17)23-5-4-19(32(35,36)37)15-24(23)26-7-8-27-30(49-31(47)45(26)27)18-11-20(33(38,39)40)14-21(12-18)34(41,42)43/h3-5,9,11-16,22,26-27,30H,6-8,10H2,1-2H3,(H,44,46)/t16-,22+,26+,27+,30-/m1/s1. The number of fused-ring (bicyclic) bond motifs is 1. The zero-order chi connectivity index (χ0) is 35.6. The Kier molecular flexibility index (Phi) is 8.55. The Morgan fingerprint density at radius 1 is 0.755 bits per heavy atom. The summed E-state index contributed by atoms with van der Waals surface area (Å²) in [5.74, 6) is 0.0747. The summed E-state index contributed by atoms with van der Waals surface area (Å²) in [6.07, 6.45) is -16.8. The largest absolute Gasteiger partial charge is 0.496 e. The van der Waals surface area contributed by atoms with Gasteiger partial charge in [-0.15, -0.1) is 0 Å². The molecule has 0 unspecified atom stereocenters. The third kappa shape index (κ3) is 6.51. The van der Waals surface area contributed by atoms with Gasteiger partial charge in [0.05, 0.1) is 35.9 Å². The number of benzene rings is 3. The molecule has 49 heavy (non-hydrogen) atoms. The summed E-state index contributed by atoms with van der Waals surface area (Å²) in [4.78, 5) is 26.4. The van der Waals surface area contributed by atoms with Gasteiger partial charge in [0.25, 0.3) is 0 Å². The second kappa shape index (κ2) is 12.2. The number of halogens is 9. The summed E-state index contributed by atoms with van der Waals surface area (Å²) in [6, 6.07) is 6.79. The van der Waals surface area contributed by atoms with Crippen molar-refractivity contribution in [3.05, 3.63) is 88.0 Å². The highest BCUT2D eigenvalue weighted by Gasteiger charge is 2.52. The van der Waals surface area contributed by atoms with E-state index in [2.05, 4.69) is 5.32 Å². The quantitative estimate of drug-likeness (QED) is 0.270. The monoisotopic (exact) mass is 700 g/mol. The van der Waals surface area contributed by atoms with Gasteiger partial charge in [0.15, 0.2) is 0 Å². The van der Waals surface area contributed by atoms with E-state index in [0.717, 1.165) is 22.6 Å². The van der Waals surface area contributed by atoms with E-state index in [4.69, 9.17) is 9.47 Å². The van der Waals surface area contributed by atoms with Gasteiger partial charge in [-0.1, -0.05) is 12.1 Å². The molecule has 3 aromatic rings. The third-order valence-electron chi connectivity index (χ3n) is 9.51. The first-order valence-electron chi connectivity index (χ1n) is 15.3. The Labute approximate surface area is 274 Å². The maximum absolute atomic E-state index is 14.1. The zero-order valence-electron chi connectivity index (χ0n) is 25.9. The van der Waals surface area contributed by atoms with Gasteiger partial charge < -0.3 is 14.8 Å². The molecule has 3 aliphatic heterocycles. The summed E-state index contributed by atoms with van der Waals surface area (Å²) in [5.41, 5.74) is -3.21. The van der Waals surface area contributed by atoms with Crippen molar-refractivity contribution in [1.29, 1.82) is 0 Å². The molecule has 1 N–H and O–H groups in total. The van der Waals surface area contributed by atoms with Crippen molar-refractivity contribution in [2.45, 2.75) is 81.3 Å². The lowest BCUT2D eigenvalue weighted by atomic mass is 9.83. The second-order valence-corrected chi connectivity index (χ2v) is 12.5. The molecule has 3 aliphatic rings. The molecule has 0 saturated carbocycles. The highest BCUT2D eigenvalue weighted by molar-refractivity contribution is 5.79. The van der Waals surface area contributed by atoms with Crippen LogP contribution >= 0.6 is 0 Å². The summed E-state index contributed by atoms with van der Waals surface area (Å²) < 4.78 is 135. The molecule has 6 rings (SSSR count). The van der Waals surface area contributed by atoms with E-state index >= 15 is 0 Å². The molecule has 3 saturated heterocycles. The van der Waals surface area contributed by atoms with Crippen LogP contribution in [0.5, 0.6) is 5.75 Å². The Bertz CT molecular complexity index is 1750. The number of carbonyl (C=O) groups excluding carboxylic acids is 2. The van der Waals surface area contributed by atoms with Crippen LogP contribution in [0, 0.1) is 0 Å². The van der Waals surface area contributed by atoms with Crippen LogP contribution in [0.3, 0.4) is 0 Å². The number of amides is 2. The number of methoxy groups -OCH3 is 1. The highest BCUT2D eigenvalue weighted by atomic mass is 19.4. The van der Waals surface area contributed by atoms with Gasteiger partial charge in [0, 0.05) is 23.9 Å². The van der Waals surface area contributed by atoms with Crippen LogP contribution in [0.1, 0.15) is 84.1 Å². The molecule has 15 heteroatoms. The van der Waals surface area contributed by atoms with E-state index in [1.54, 1.807) is 18.2 Å². The molecule has 0 spiro atoms. The number of nitrogens with zero attached hydrogens (tertiary/aromatic N) is 1. The SMILES string of the molecule is COc1ccc([C@H]2CCC(=O)N[C@@H]2C)cc1-c1ccc(C(F)(F)F)cc1[C@@H]1CC[C@H]2[C@@H](c3cc(C(F)(F)F)cc(C(F)(F)F)c3)OC(=O)N12. The van der Waals surface area contributed by atoms with Crippen LogP contribution in [0.2, 0.25) is 0 Å². The van der Waals surface area contributed by atoms with Crippen LogP contribution in [-0.4, -0.2) is 36.1 Å². The first kappa shape index (κ1) is 34.4. The number of alkyl halides is 9. The second-order valence-electron chi connectivity index (χ2n) is 12.5. The number of piperidine rings is 1. The molecular weight excluding hydrogens is 671 g/mol. The number of hydrogen-bond donors (Lipinski definition) is 1. The van der Waals surface area contributed by atoms with Gasteiger partial charge in [-0.05, 0) is 90.9 Å². The molecule has 3 aromatic carbocycles. The van der Waals surface area contributed by atoms with Crippen LogP contribution in [-0.2, 0) is 28.1 Å². The van der Waals surface area contributed by atoms with Crippen LogP contribution in [0.25, 0.3) is 11.1 Å². The number of nitrogens with one attached hydrogen (secondary N) is 1. The molecule has 0 bridgehead atoms. The summed E-state index contributed by atoms with van der Waals surface area (Å²) in [7, 11) is 1.38. The zero-order valence-corrected chi connectivity index (χ0v) is 25.9. The molecule has 0 aliphatic carbocycles. The lowest BCUT2D eigenvalue weighted by molar-refractivity contribution is -0.143. The van der Waals surface area contributed by atoms with E-state index in [1.807, 2.05) is 6.92 Å². The summed E-state index contributed by atoms with van der Waals surface area (Å²) >= 11 is 0. The van der Waals surface area contributed by atoms with Crippen molar-refractivity contribution in [1.82, 2.24) is 10.2 Å². The number of cyclic esters (lactones) is 1. The average Bonchev–Trinajstić information content (AvgIpc) is 3.60. The van der Waals surface area contributed by atoms with Gasteiger partial charge in [0.2, 0.25) is 5.91 Å². The minimum atomic E-state index is -5.14. The van der Waals surface area contributed by atoms with Gasteiger partial charge in [0.1, 0.15) is 11.9 Å². The molecule has 5 atom stereocenters. The number of ether oxygens (including phenoxy) is 2. The predicted molar refractivity (Wildman–Crippen MR) is 156 cm³/mol. The minimum Gasteiger partial charge on any atom is -0.496 e. The fourth-order valence-corrected chi connectivity index (χ4v) is 7.23. The van der Waals surface area contributed by atoms with E-state index in [1.165, 1.54) is 13.2 Å². The first-order chi connectivity index (χ1) is 22.9.